The van der Waals surface area contributed by atoms with Crippen LogP contribution < -0.4 is 4.74 Å². The molecule has 1 aliphatic carbocycles. The first-order valence-electron chi connectivity index (χ1n) is 6.55. The predicted octanol–water partition coefficient (Wildman–Crippen LogP) is 2.63. The van der Waals surface area contributed by atoms with Crippen molar-refractivity contribution in [1.29, 1.82) is 0 Å². The Balaban J connectivity index is 2.11. The highest BCUT2D eigenvalue weighted by molar-refractivity contribution is 5.93. The van der Waals surface area contributed by atoms with E-state index >= 15 is 0 Å². The molecule has 0 saturated carbocycles. The van der Waals surface area contributed by atoms with Crippen molar-refractivity contribution in [3.63, 3.8) is 0 Å². The molecule has 0 amide bonds. The minimum absolute atomic E-state index is 0.0657. The normalized spacial score (nSPS) is 18.4. The SMILES string of the molecule is COC(=O)CC1=CC(=O)C[C@H](c2ccc(OC)cc2)C1. The van der Waals surface area contributed by atoms with Gasteiger partial charge in [-0.3, -0.25) is 9.59 Å². The van der Waals surface area contributed by atoms with Crippen molar-refractivity contribution in [1.82, 2.24) is 0 Å². The van der Waals surface area contributed by atoms with E-state index in [1.165, 1.54) is 7.11 Å². The Morgan fingerprint density at radius 3 is 2.50 bits per heavy atom. The fourth-order valence-corrected chi connectivity index (χ4v) is 2.47. The first kappa shape index (κ1) is 14.3. The van der Waals surface area contributed by atoms with Gasteiger partial charge in [0.05, 0.1) is 20.6 Å². The van der Waals surface area contributed by atoms with Gasteiger partial charge in [-0.15, -0.1) is 0 Å². The Morgan fingerprint density at radius 1 is 1.20 bits per heavy atom. The molecule has 0 unspecified atom stereocenters. The first-order valence-corrected chi connectivity index (χ1v) is 6.55. The van der Waals surface area contributed by atoms with E-state index in [0.717, 1.165) is 16.9 Å². The highest BCUT2D eigenvalue weighted by Gasteiger charge is 2.23. The van der Waals surface area contributed by atoms with E-state index in [4.69, 9.17) is 4.74 Å². The van der Waals surface area contributed by atoms with E-state index in [-0.39, 0.29) is 24.1 Å². The van der Waals surface area contributed by atoms with Crippen LogP contribution in [0.2, 0.25) is 0 Å². The molecule has 0 bridgehead atoms. The number of esters is 1. The van der Waals surface area contributed by atoms with Crippen LogP contribution in [-0.4, -0.2) is 26.0 Å². The Morgan fingerprint density at radius 2 is 1.90 bits per heavy atom. The summed E-state index contributed by atoms with van der Waals surface area (Å²) < 4.78 is 9.78. The van der Waals surface area contributed by atoms with E-state index < -0.39 is 0 Å². The molecule has 0 fully saturated rings. The van der Waals surface area contributed by atoms with Crippen molar-refractivity contribution >= 4 is 11.8 Å². The number of carbonyl (C=O) groups is 2. The van der Waals surface area contributed by atoms with Gasteiger partial charge >= 0.3 is 5.97 Å². The van der Waals surface area contributed by atoms with Crippen LogP contribution in [0.5, 0.6) is 5.75 Å². The summed E-state index contributed by atoms with van der Waals surface area (Å²) in [6.45, 7) is 0. The number of carbonyl (C=O) groups excluding carboxylic acids is 2. The standard InChI is InChI=1S/C16H18O4/c1-19-15-5-3-12(4-6-15)13-7-11(8-14(17)10-13)9-16(18)20-2/h3-6,8,13H,7,9-10H2,1-2H3/t13-/m1/s1. The lowest BCUT2D eigenvalue weighted by Crippen LogP contribution is -2.15. The minimum atomic E-state index is -0.306. The summed E-state index contributed by atoms with van der Waals surface area (Å²) in [4.78, 5) is 23.1. The number of hydrogen-bond acceptors (Lipinski definition) is 4. The summed E-state index contributed by atoms with van der Waals surface area (Å²) in [7, 11) is 2.98. The molecule has 1 atom stereocenters. The van der Waals surface area contributed by atoms with E-state index in [1.807, 2.05) is 24.3 Å². The molecule has 0 aromatic heterocycles. The quantitative estimate of drug-likeness (QED) is 0.792. The molecule has 2 rings (SSSR count). The Labute approximate surface area is 118 Å². The van der Waals surface area contributed by atoms with Crippen LogP contribution in [0.3, 0.4) is 0 Å². The van der Waals surface area contributed by atoms with E-state index in [0.29, 0.717) is 12.8 Å². The zero-order valence-corrected chi connectivity index (χ0v) is 11.7. The predicted molar refractivity (Wildman–Crippen MR) is 74.7 cm³/mol. The summed E-state index contributed by atoms with van der Waals surface area (Å²) in [6.07, 6.45) is 2.97. The number of ether oxygens (including phenoxy) is 2. The van der Waals surface area contributed by atoms with Gasteiger partial charge in [0, 0.05) is 6.42 Å². The second-order valence-corrected chi connectivity index (χ2v) is 4.90. The van der Waals surface area contributed by atoms with Crippen LogP contribution in [-0.2, 0) is 14.3 Å². The van der Waals surface area contributed by atoms with Gasteiger partial charge in [-0.2, -0.15) is 0 Å². The summed E-state index contributed by atoms with van der Waals surface area (Å²) in [6, 6.07) is 7.71. The number of methoxy groups -OCH3 is 2. The van der Waals surface area contributed by atoms with Gasteiger partial charge in [0.15, 0.2) is 5.78 Å². The van der Waals surface area contributed by atoms with Crippen molar-refractivity contribution in [2.75, 3.05) is 14.2 Å². The third-order valence-electron chi connectivity index (χ3n) is 3.51. The maximum atomic E-state index is 11.8. The van der Waals surface area contributed by atoms with Gasteiger partial charge in [-0.25, -0.2) is 0 Å². The zero-order valence-electron chi connectivity index (χ0n) is 11.7. The molecule has 0 radical (unpaired) electrons. The highest BCUT2D eigenvalue weighted by atomic mass is 16.5. The molecule has 0 saturated heterocycles. The molecule has 0 N–H and O–H groups in total. The maximum absolute atomic E-state index is 11.8. The molecule has 4 nitrogen and oxygen atoms in total. The van der Waals surface area contributed by atoms with Crippen molar-refractivity contribution in [3.05, 3.63) is 41.5 Å². The topological polar surface area (TPSA) is 52.6 Å². The fourth-order valence-electron chi connectivity index (χ4n) is 2.47. The fraction of sp³-hybridized carbons (Fsp3) is 0.375. The Bertz CT molecular complexity index is 528. The third-order valence-corrected chi connectivity index (χ3v) is 3.51. The third kappa shape index (κ3) is 3.47. The summed E-state index contributed by atoms with van der Waals surface area (Å²) in [5.74, 6) is 0.676. The van der Waals surface area contributed by atoms with Gasteiger partial charge in [0.2, 0.25) is 0 Å². The smallest absolute Gasteiger partial charge is 0.309 e. The summed E-state index contributed by atoms with van der Waals surface area (Å²) in [5.41, 5.74) is 1.93. The lowest BCUT2D eigenvalue weighted by Gasteiger charge is -2.22. The molecular weight excluding hydrogens is 256 g/mol. The first-order chi connectivity index (χ1) is 9.62. The van der Waals surface area contributed by atoms with Gasteiger partial charge in [-0.05, 0) is 36.1 Å². The van der Waals surface area contributed by atoms with Crippen LogP contribution >= 0.6 is 0 Å². The molecule has 1 aliphatic rings. The van der Waals surface area contributed by atoms with E-state index in [2.05, 4.69) is 4.74 Å². The lowest BCUT2D eigenvalue weighted by atomic mass is 9.82. The van der Waals surface area contributed by atoms with Crippen molar-refractivity contribution in [3.8, 4) is 5.75 Å². The van der Waals surface area contributed by atoms with Crippen LogP contribution in [0, 0.1) is 0 Å². The van der Waals surface area contributed by atoms with E-state index in [1.54, 1.807) is 13.2 Å². The highest BCUT2D eigenvalue weighted by Crippen LogP contribution is 2.33. The van der Waals surface area contributed by atoms with Crippen LogP contribution in [0.1, 0.15) is 30.7 Å². The van der Waals surface area contributed by atoms with E-state index in [9.17, 15) is 9.59 Å². The molecule has 0 spiro atoms. The van der Waals surface area contributed by atoms with Gasteiger partial charge in [0.25, 0.3) is 0 Å². The Hall–Kier alpha value is -2.10. The van der Waals surface area contributed by atoms with Crippen molar-refractivity contribution in [2.24, 2.45) is 0 Å². The second kappa shape index (κ2) is 6.37. The molecule has 0 aliphatic heterocycles. The Kier molecular flexibility index (Phi) is 4.56. The average Bonchev–Trinajstić information content (AvgIpc) is 2.46. The summed E-state index contributed by atoms with van der Waals surface area (Å²) in [5, 5.41) is 0. The molecule has 20 heavy (non-hydrogen) atoms. The number of hydrogen-bond donors (Lipinski definition) is 0. The summed E-state index contributed by atoms with van der Waals surface area (Å²) >= 11 is 0. The average molecular weight is 274 g/mol. The van der Waals surface area contributed by atoms with Gasteiger partial charge in [0.1, 0.15) is 5.75 Å². The van der Waals surface area contributed by atoms with Crippen molar-refractivity contribution < 1.29 is 19.1 Å². The largest absolute Gasteiger partial charge is 0.497 e. The molecule has 1 aromatic rings. The minimum Gasteiger partial charge on any atom is -0.497 e. The van der Waals surface area contributed by atoms with Crippen LogP contribution in [0.4, 0.5) is 0 Å². The molecular formula is C16H18O4. The van der Waals surface area contributed by atoms with Crippen LogP contribution in [0.25, 0.3) is 0 Å². The van der Waals surface area contributed by atoms with Gasteiger partial charge in [-0.1, -0.05) is 17.7 Å². The number of benzene rings is 1. The molecule has 4 heteroatoms. The number of ketones is 1. The molecule has 1 aromatic carbocycles. The van der Waals surface area contributed by atoms with Crippen LogP contribution in [0.15, 0.2) is 35.9 Å². The lowest BCUT2D eigenvalue weighted by molar-refractivity contribution is -0.139. The zero-order chi connectivity index (χ0) is 14.5. The molecule has 106 valence electrons. The maximum Gasteiger partial charge on any atom is 0.309 e. The monoisotopic (exact) mass is 274 g/mol. The van der Waals surface area contributed by atoms with Gasteiger partial charge < -0.3 is 9.47 Å². The molecule has 0 heterocycles. The second-order valence-electron chi connectivity index (χ2n) is 4.90. The number of rotatable bonds is 4. The number of allylic oxidation sites excluding steroid dienone is 1. The van der Waals surface area contributed by atoms with Crippen molar-refractivity contribution in [2.45, 2.75) is 25.2 Å².